The summed E-state index contributed by atoms with van der Waals surface area (Å²) in [5.41, 5.74) is 1.09. The van der Waals surface area contributed by atoms with Crippen LogP contribution >= 0.6 is 0 Å². The molecular formula is C16H26FN. The molecule has 0 radical (unpaired) electrons. The van der Waals surface area contributed by atoms with E-state index in [0.717, 1.165) is 24.4 Å². The number of benzene rings is 1. The summed E-state index contributed by atoms with van der Waals surface area (Å²) >= 11 is 0. The van der Waals surface area contributed by atoms with Gasteiger partial charge in [-0.1, -0.05) is 45.7 Å². The Balaban J connectivity index is 2.46. The zero-order valence-corrected chi connectivity index (χ0v) is 11.9. The Bertz CT molecular complexity index is 336. The van der Waals surface area contributed by atoms with Crippen molar-refractivity contribution in [1.29, 1.82) is 0 Å². The lowest BCUT2D eigenvalue weighted by Crippen LogP contribution is -2.31. The molecule has 18 heavy (non-hydrogen) atoms. The quantitative estimate of drug-likeness (QED) is 0.731. The highest BCUT2D eigenvalue weighted by Gasteiger charge is 2.09. The van der Waals surface area contributed by atoms with Gasteiger partial charge >= 0.3 is 0 Å². The molecular weight excluding hydrogens is 225 g/mol. The van der Waals surface area contributed by atoms with E-state index in [1.165, 1.54) is 25.3 Å². The average molecular weight is 251 g/mol. The first-order chi connectivity index (χ1) is 8.61. The van der Waals surface area contributed by atoms with Gasteiger partial charge in [0.2, 0.25) is 0 Å². The molecule has 0 bridgehead atoms. The van der Waals surface area contributed by atoms with Crippen LogP contribution in [0.4, 0.5) is 4.39 Å². The lowest BCUT2D eigenvalue weighted by atomic mass is 9.98. The predicted molar refractivity (Wildman–Crippen MR) is 76.3 cm³/mol. The van der Waals surface area contributed by atoms with Gasteiger partial charge in [-0.15, -0.1) is 0 Å². The van der Waals surface area contributed by atoms with Crippen molar-refractivity contribution in [2.75, 3.05) is 6.54 Å². The molecule has 0 amide bonds. The number of rotatable bonds is 8. The monoisotopic (exact) mass is 251 g/mol. The van der Waals surface area contributed by atoms with Crippen LogP contribution < -0.4 is 5.32 Å². The Morgan fingerprint density at radius 2 is 2.00 bits per heavy atom. The van der Waals surface area contributed by atoms with Crippen molar-refractivity contribution in [2.24, 2.45) is 5.92 Å². The molecule has 1 N–H and O–H groups in total. The second-order valence-corrected chi connectivity index (χ2v) is 5.41. The highest BCUT2D eigenvalue weighted by atomic mass is 19.1. The van der Waals surface area contributed by atoms with Crippen molar-refractivity contribution in [2.45, 2.75) is 52.5 Å². The standard InChI is InChI=1S/C16H26FN/c1-4-18-16(10-5-7-13(2)3)12-14-8-6-9-15(17)11-14/h6,8-9,11,13,16,18H,4-5,7,10,12H2,1-3H3. The number of hydrogen-bond donors (Lipinski definition) is 1. The van der Waals surface area contributed by atoms with Gasteiger partial charge in [0.05, 0.1) is 0 Å². The molecule has 1 rings (SSSR count). The SMILES string of the molecule is CCNC(CCCC(C)C)Cc1cccc(F)c1. The third kappa shape index (κ3) is 6.15. The van der Waals surface area contributed by atoms with Crippen molar-refractivity contribution in [3.63, 3.8) is 0 Å². The van der Waals surface area contributed by atoms with E-state index in [1.807, 2.05) is 6.07 Å². The second kappa shape index (κ2) is 8.25. The number of nitrogens with one attached hydrogen (secondary N) is 1. The number of hydrogen-bond acceptors (Lipinski definition) is 1. The molecule has 0 aromatic heterocycles. The Morgan fingerprint density at radius 1 is 1.22 bits per heavy atom. The minimum Gasteiger partial charge on any atom is -0.314 e. The fourth-order valence-corrected chi connectivity index (χ4v) is 2.29. The summed E-state index contributed by atoms with van der Waals surface area (Å²) in [4.78, 5) is 0. The van der Waals surface area contributed by atoms with Gasteiger partial charge in [-0.25, -0.2) is 4.39 Å². The second-order valence-electron chi connectivity index (χ2n) is 5.41. The largest absolute Gasteiger partial charge is 0.314 e. The molecule has 0 saturated heterocycles. The number of likely N-dealkylation sites (N-methyl/N-ethyl adjacent to an activating group) is 1. The van der Waals surface area contributed by atoms with Crippen LogP contribution in [0.3, 0.4) is 0 Å². The topological polar surface area (TPSA) is 12.0 Å². The first-order valence-corrected chi connectivity index (χ1v) is 7.09. The molecule has 1 aromatic carbocycles. The van der Waals surface area contributed by atoms with E-state index in [-0.39, 0.29) is 5.82 Å². The van der Waals surface area contributed by atoms with Crippen LogP contribution in [-0.4, -0.2) is 12.6 Å². The molecule has 1 atom stereocenters. The normalized spacial score (nSPS) is 12.9. The fraction of sp³-hybridized carbons (Fsp3) is 0.625. The Labute approximate surface area is 111 Å². The van der Waals surface area contributed by atoms with Crippen LogP contribution in [0.5, 0.6) is 0 Å². The summed E-state index contributed by atoms with van der Waals surface area (Å²) < 4.78 is 13.1. The minimum absolute atomic E-state index is 0.134. The van der Waals surface area contributed by atoms with Crippen LogP contribution in [0.25, 0.3) is 0 Å². The molecule has 1 nitrogen and oxygen atoms in total. The van der Waals surface area contributed by atoms with Crippen LogP contribution in [0, 0.1) is 11.7 Å². The maximum atomic E-state index is 13.1. The van der Waals surface area contributed by atoms with Crippen molar-refractivity contribution in [1.82, 2.24) is 5.32 Å². The van der Waals surface area contributed by atoms with Crippen LogP contribution in [0.15, 0.2) is 24.3 Å². The Morgan fingerprint density at radius 3 is 2.61 bits per heavy atom. The van der Waals surface area contributed by atoms with Crippen molar-refractivity contribution < 1.29 is 4.39 Å². The molecule has 102 valence electrons. The van der Waals surface area contributed by atoms with E-state index in [0.29, 0.717) is 6.04 Å². The maximum absolute atomic E-state index is 13.1. The summed E-state index contributed by atoms with van der Waals surface area (Å²) in [5, 5.41) is 3.50. The third-order valence-corrected chi connectivity index (χ3v) is 3.20. The summed E-state index contributed by atoms with van der Waals surface area (Å²) in [6.45, 7) is 7.62. The van der Waals surface area contributed by atoms with Gasteiger partial charge < -0.3 is 5.32 Å². The van der Waals surface area contributed by atoms with Crippen LogP contribution in [0.1, 0.15) is 45.6 Å². The van der Waals surface area contributed by atoms with Gasteiger partial charge in [-0.3, -0.25) is 0 Å². The van der Waals surface area contributed by atoms with Crippen molar-refractivity contribution >= 4 is 0 Å². The Hall–Kier alpha value is -0.890. The summed E-state index contributed by atoms with van der Waals surface area (Å²) in [5.74, 6) is 0.631. The van der Waals surface area contributed by atoms with Gasteiger partial charge in [0.25, 0.3) is 0 Å². The zero-order chi connectivity index (χ0) is 13.4. The third-order valence-electron chi connectivity index (χ3n) is 3.20. The van der Waals surface area contributed by atoms with Crippen LogP contribution in [0.2, 0.25) is 0 Å². The Kier molecular flexibility index (Phi) is 6.96. The molecule has 0 aliphatic carbocycles. The lowest BCUT2D eigenvalue weighted by molar-refractivity contribution is 0.441. The average Bonchev–Trinajstić information content (AvgIpc) is 2.28. The molecule has 0 saturated carbocycles. The van der Waals surface area contributed by atoms with E-state index in [1.54, 1.807) is 12.1 Å². The lowest BCUT2D eigenvalue weighted by Gasteiger charge is -2.18. The molecule has 1 unspecified atom stereocenters. The molecule has 0 aliphatic rings. The van der Waals surface area contributed by atoms with Gasteiger partial charge in [0.15, 0.2) is 0 Å². The predicted octanol–water partition coefficient (Wildman–Crippen LogP) is 4.17. The molecule has 1 aromatic rings. The van der Waals surface area contributed by atoms with Crippen molar-refractivity contribution in [3.8, 4) is 0 Å². The van der Waals surface area contributed by atoms with Gasteiger partial charge in [-0.05, 0) is 43.0 Å². The summed E-state index contributed by atoms with van der Waals surface area (Å²) in [7, 11) is 0. The minimum atomic E-state index is -0.134. The summed E-state index contributed by atoms with van der Waals surface area (Å²) in [6.07, 6.45) is 4.60. The van der Waals surface area contributed by atoms with Crippen LogP contribution in [-0.2, 0) is 6.42 Å². The molecule has 2 heteroatoms. The molecule has 0 fully saturated rings. The van der Waals surface area contributed by atoms with E-state index in [9.17, 15) is 4.39 Å². The molecule has 0 heterocycles. The van der Waals surface area contributed by atoms with Gasteiger partial charge in [0, 0.05) is 6.04 Å². The highest BCUT2D eigenvalue weighted by molar-refractivity contribution is 5.17. The maximum Gasteiger partial charge on any atom is 0.123 e. The summed E-state index contributed by atoms with van der Waals surface area (Å²) in [6, 6.07) is 7.42. The van der Waals surface area contributed by atoms with Gasteiger partial charge in [0.1, 0.15) is 5.82 Å². The van der Waals surface area contributed by atoms with Gasteiger partial charge in [-0.2, -0.15) is 0 Å². The van der Waals surface area contributed by atoms with Crippen molar-refractivity contribution in [3.05, 3.63) is 35.6 Å². The smallest absolute Gasteiger partial charge is 0.123 e. The molecule has 0 aliphatic heterocycles. The van der Waals surface area contributed by atoms with E-state index >= 15 is 0 Å². The highest BCUT2D eigenvalue weighted by Crippen LogP contribution is 2.13. The van der Waals surface area contributed by atoms with E-state index in [2.05, 4.69) is 26.1 Å². The van der Waals surface area contributed by atoms with E-state index < -0.39 is 0 Å². The zero-order valence-electron chi connectivity index (χ0n) is 11.9. The first-order valence-electron chi connectivity index (χ1n) is 7.09. The molecule has 0 spiro atoms. The fourth-order valence-electron chi connectivity index (χ4n) is 2.29. The number of halogens is 1. The first kappa shape index (κ1) is 15.2. The van der Waals surface area contributed by atoms with E-state index in [4.69, 9.17) is 0 Å².